The van der Waals surface area contributed by atoms with Crippen molar-refractivity contribution in [1.29, 1.82) is 0 Å². The summed E-state index contributed by atoms with van der Waals surface area (Å²) in [4.78, 5) is 11.3. The normalized spacial score (nSPS) is 11.4. The molecule has 0 bridgehead atoms. The zero-order chi connectivity index (χ0) is 11.5. The van der Waals surface area contributed by atoms with Crippen LogP contribution in [-0.4, -0.2) is 27.9 Å². The summed E-state index contributed by atoms with van der Waals surface area (Å²) >= 11 is 0. The SMILES string of the molecule is CCN=Cc1[nH]c(-c2cc(C)on2)nc1N. The van der Waals surface area contributed by atoms with Gasteiger partial charge >= 0.3 is 0 Å². The van der Waals surface area contributed by atoms with Crippen molar-refractivity contribution in [3.05, 3.63) is 17.5 Å². The highest BCUT2D eigenvalue weighted by Crippen LogP contribution is 2.18. The second-order valence-electron chi connectivity index (χ2n) is 3.34. The third-order valence-corrected chi connectivity index (χ3v) is 2.03. The molecule has 0 aromatic carbocycles. The van der Waals surface area contributed by atoms with E-state index in [1.165, 1.54) is 0 Å². The standard InChI is InChI=1S/C10H13N5O/c1-3-12-5-8-9(11)14-10(13-8)7-4-6(2)16-15-7/h4-5H,3,11H2,1-2H3,(H,13,14). The van der Waals surface area contributed by atoms with Crippen molar-refractivity contribution in [2.75, 3.05) is 12.3 Å². The third kappa shape index (κ3) is 1.95. The highest BCUT2D eigenvalue weighted by Gasteiger charge is 2.10. The lowest BCUT2D eigenvalue weighted by Gasteiger charge is -1.86. The molecule has 0 atom stereocenters. The zero-order valence-corrected chi connectivity index (χ0v) is 9.19. The first-order chi connectivity index (χ1) is 7.70. The number of imidazole rings is 1. The molecule has 2 rings (SSSR count). The monoisotopic (exact) mass is 219 g/mol. The average Bonchev–Trinajstić information content (AvgIpc) is 2.82. The van der Waals surface area contributed by atoms with Gasteiger partial charge in [0.05, 0.1) is 0 Å². The summed E-state index contributed by atoms with van der Waals surface area (Å²) in [5.74, 6) is 1.73. The van der Waals surface area contributed by atoms with Gasteiger partial charge in [0.15, 0.2) is 11.6 Å². The van der Waals surface area contributed by atoms with E-state index in [2.05, 4.69) is 20.1 Å². The van der Waals surface area contributed by atoms with Crippen LogP contribution in [-0.2, 0) is 0 Å². The second-order valence-corrected chi connectivity index (χ2v) is 3.34. The topological polar surface area (TPSA) is 93.1 Å². The maximum absolute atomic E-state index is 5.73. The van der Waals surface area contributed by atoms with Crippen molar-refractivity contribution in [2.24, 2.45) is 4.99 Å². The number of aromatic nitrogens is 3. The zero-order valence-electron chi connectivity index (χ0n) is 9.19. The van der Waals surface area contributed by atoms with Crippen LogP contribution in [0.3, 0.4) is 0 Å². The summed E-state index contributed by atoms with van der Waals surface area (Å²) in [5.41, 5.74) is 7.07. The Hall–Kier alpha value is -2.11. The summed E-state index contributed by atoms with van der Waals surface area (Å²) in [6.45, 7) is 4.48. The first-order valence-corrected chi connectivity index (χ1v) is 4.99. The lowest BCUT2D eigenvalue weighted by atomic mass is 10.4. The molecule has 0 aliphatic carbocycles. The minimum atomic E-state index is 0.410. The van der Waals surface area contributed by atoms with Crippen molar-refractivity contribution >= 4 is 12.0 Å². The largest absolute Gasteiger partial charge is 0.382 e. The lowest BCUT2D eigenvalue weighted by molar-refractivity contribution is 0.399. The molecule has 84 valence electrons. The van der Waals surface area contributed by atoms with Crippen molar-refractivity contribution in [1.82, 2.24) is 15.1 Å². The molecule has 0 radical (unpaired) electrons. The molecule has 0 unspecified atom stereocenters. The summed E-state index contributed by atoms with van der Waals surface area (Å²) in [7, 11) is 0. The van der Waals surface area contributed by atoms with Crippen molar-refractivity contribution < 1.29 is 4.52 Å². The van der Waals surface area contributed by atoms with E-state index in [9.17, 15) is 0 Å². The number of aryl methyl sites for hydroxylation is 1. The average molecular weight is 219 g/mol. The van der Waals surface area contributed by atoms with E-state index in [-0.39, 0.29) is 0 Å². The van der Waals surface area contributed by atoms with E-state index >= 15 is 0 Å². The van der Waals surface area contributed by atoms with Gasteiger partial charge < -0.3 is 15.2 Å². The first-order valence-electron chi connectivity index (χ1n) is 4.99. The van der Waals surface area contributed by atoms with E-state index in [0.717, 1.165) is 5.76 Å². The first kappa shape index (κ1) is 10.4. The maximum atomic E-state index is 5.73. The molecule has 16 heavy (non-hydrogen) atoms. The number of hydrogen-bond donors (Lipinski definition) is 2. The number of nitrogens with two attached hydrogens (primary N) is 1. The molecule has 0 amide bonds. The Kier molecular flexibility index (Phi) is 2.72. The Balaban J connectivity index is 2.34. The summed E-state index contributed by atoms with van der Waals surface area (Å²) < 4.78 is 4.96. The van der Waals surface area contributed by atoms with E-state index in [4.69, 9.17) is 10.3 Å². The fourth-order valence-corrected chi connectivity index (χ4v) is 1.28. The molecule has 0 fully saturated rings. The molecule has 0 aliphatic rings. The van der Waals surface area contributed by atoms with Gasteiger partial charge in [-0.05, 0) is 13.8 Å². The third-order valence-electron chi connectivity index (χ3n) is 2.03. The molecular weight excluding hydrogens is 206 g/mol. The van der Waals surface area contributed by atoms with E-state index < -0.39 is 0 Å². The van der Waals surface area contributed by atoms with Crippen LogP contribution in [0.1, 0.15) is 18.4 Å². The van der Waals surface area contributed by atoms with E-state index in [1.54, 1.807) is 12.3 Å². The van der Waals surface area contributed by atoms with Gasteiger partial charge in [-0.2, -0.15) is 0 Å². The van der Waals surface area contributed by atoms with Gasteiger partial charge in [0, 0.05) is 18.8 Å². The van der Waals surface area contributed by atoms with Crippen LogP contribution in [0.5, 0.6) is 0 Å². The summed E-state index contributed by atoms with van der Waals surface area (Å²) in [6.07, 6.45) is 1.67. The van der Waals surface area contributed by atoms with Gasteiger partial charge in [0.25, 0.3) is 0 Å². The maximum Gasteiger partial charge on any atom is 0.162 e. The van der Waals surface area contributed by atoms with Crippen molar-refractivity contribution in [2.45, 2.75) is 13.8 Å². The highest BCUT2D eigenvalue weighted by atomic mass is 16.5. The molecule has 3 N–H and O–H groups in total. The number of nitrogen functional groups attached to an aromatic ring is 1. The number of hydrogen-bond acceptors (Lipinski definition) is 5. The quantitative estimate of drug-likeness (QED) is 0.763. The van der Waals surface area contributed by atoms with Gasteiger partial charge in [-0.3, -0.25) is 4.99 Å². The molecule has 6 nitrogen and oxygen atoms in total. The van der Waals surface area contributed by atoms with E-state index in [0.29, 0.717) is 29.6 Å². The predicted octanol–water partition coefficient (Wildman–Crippen LogP) is 1.39. The smallest absolute Gasteiger partial charge is 0.162 e. The van der Waals surface area contributed by atoms with Gasteiger partial charge in [0.2, 0.25) is 0 Å². The Morgan fingerprint density at radius 3 is 3.06 bits per heavy atom. The lowest BCUT2D eigenvalue weighted by Crippen LogP contribution is -1.91. The van der Waals surface area contributed by atoms with Crippen LogP contribution in [0.25, 0.3) is 11.5 Å². The molecule has 0 saturated heterocycles. The number of H-pyrrole nitrogens is 1. The Morgan fingerprint density at radius 1 is 1.62 bits per heavy atom. The Labute approximate surface area is 92.6 Å². The van der Waals surface area contributed by atoms with Crippen molar-refractivity contribution in [3.8, 4) is 11.5 Å². The summed E-state index contributed by atoms with van der Waals surface area (Å²) in [6, 6.07) is 1.79. The van der Waals surface area contributed by atoms with Gasteiger partial charge in [-0.1, -0.05) is 5.16 Å². The van der Waals surface area contributed by atoms with Crippen LogP contribution in [0.15, 0.2) is 15.6 Å². The number of nitrogens with one attached hydrogen (secondary N) is 1. The predicted molar refractivity (Wildman–Crippen MR) is 61.4 cm³/mol. The Bertz CT molecular complexity index is 511. The molecular formula is C10H13N5O. The van der Waals surface area contributed by atoms with Crippen LogP contribution >= 0.6 is 0 Å². The summed E-state index contributed by atoms with van der Waals surface area (Å²) in [5, 5.41) is 3.85. The fraction of sp³-hybridized carbons (Fsp3) is 0.300. The molecule has 2 aromatic rings. The van der Waals surface area contributed by atoms with Crippen LogP contribution < -0.4 is 5.73 Å². The van der Waals surface area contributed by atoms with Gasteiger partial charge in [-0.25, -0.2) is 4.98 Å². The number of aromatic amines is 1. The molecule has 6 heteroatoms. The van der Waals surface area contributed by atoms with Crippen LogP contribution in [0.2, 0.25) is 0 Å². The number of rotatable bonds is 3. The second kappa shape index (κ2) is 4.18. The minimum absolute atomic E-state index is 0.410. The molecule has 2 aromatic heterocycles. The van der Waals surface area contributed by atoms with Crippen LogP contribution in [0, 0.1) is 6.92 Å². The molecule has 2 heterocycles. The number of anilines is 1. The van der Waals surface area contributed by atoms with Gasteiger partial charge in [-0.15, -0.1) is 0 Å². The minimum Gasteiger partial charge on any atom is -0.382 e. The van der Waals surface area contributed by atoms with E-state index in [1.807, 2.05) is 13.8 Å². The highest BCUT2D eigenvalue weighted by molar-refractivity contribution is 5.84. The fourth-order valence-electron chi connectivity index (χ4n) is 1.28. The molecule has 0 spiro atoms. The molecule has 0 aliphatic heterocycles. The Morgan fingerprint density at radius 2 is 2.44 bits per heavy atom. The van der Waals surface area contributed by atoms with Crippen LogP contribution in [0.4, 0.5) is 5.82 Å². The van der Waals surface area contributed by atoms with Gasteiger partial charge in [0.1, 0.15) is 17.1 Å². The molecule has 0 saturated carbocycles. The number of nitrogens with zero attached hydrogens (tertiary/aromatic N) is 3. The number of aliphatic imine (C=N–C) groups is 1. The van der Waals surface area contributed by atoms with Crippen molar-refractivity contribution in [3.63, 3.8) is 0 Å².